The Morgan fingerprint density at radius 1 is 1.45 bits per heavy atom. The lowest BCUT2D eigenvalue weighted by molar-refractivity contribution is 1.04. The summed E-state index contributed by atoms with van der Waals surface area (Å²) in [5.74, 6) is 6.43. The van der Waals surface area contributed by atoms with Crippen LogP contribution >= 0.6 is 0 Å². The van der Waals surface area contributed by atoms with Crippen molar-refractivity contribution < 1.29 is 0 Å². The molecule has 0 aliphatic carbocycles. The normalized spacial score (nSPS) is 8.00. The minimum Gasteiger partial charge on any atom is -0.308 e. The fraction of sp³-hybridized carbons (Fsp3) is 0.429. The molecule has 0 saturated heterocycles. The summed E-state index contributed by atoms with van der Waals surface area (Å²) >= 11 is 0. The molecule has 3 N–H and O–H groups in total. The van der Waals surface area contributed by atoms with E-state index in [0.29, 0.717) is 11.6 Å². The molecule has 0 aliphatic rings. The summed E-state index contributed by atoms with van der Waals surface area (Å²) in [5, 5.41) is 0. The molecule has 1 aromatic heterocycles. The molecule has 62 valence electrons. The van der Waals surface area contributed by atoms with Crippen molar-refractivity contribution >= 4 is 5.82 Å². The molecule has 0 aromatic carbocycles. The van der Waals surface area contributed by atoms with Crippen molar-refractivity contribution in [3.63, 3.8) is 0 Å². The Balaban J connectivity index is 0.000000461. The molecule has 0 spiro atoms. The zero-order valence-electron chi connectivity index (χ0n) is 7.13. The van der Waals surface area contributed by atoms with Crippen LogP contribution in [0.1, 0.15) is 19.7 Å². The van der Waals surface area contributed by atoms with Gasteiger partial charge in [0, 0.05) is 12.3 Å². The van der Waals surface area contributed by atoms with Crippen LogP contribution in [0.15, 0.2) is 12.3 Å². The maximum absolute atomic E-state index is 5.08. The Morgan fingerprint density at radius 3 is 2.45 bits per heavy atom. The number of nitrogens with zero attached hydrogens (tertiary/aromatic N) is 2. The van der Waals surface area contributed by atoms with Gasteiger partial charge < -0.3 is 5.43 Å². The van der Waals surface area contributed by atoms with Crippen molar-refractivity contribution in [2.45, 2.75) is 20.8 Å². The van der Waals surface area contributed by atoms with E-state index >= 15 is 0 Å². The first-order valence-electron chi connectivity index (χ1n) is 3.59. The Kier molecular flexibility index (Phi) is 5.02. The fourth-order valence-corrected chi connectivity index (χ4v) is 0.537. The van der Waals surface area contributed by atoms with E-state index in [1.165, 1.54) is 0 Å². The number of hydrogen-bond donors (Lipinski definition) is 2. The van der Waals surface area contributed by atoms with Crippen molar-refractivity contribution in [2.24, 2.45) is 5.84 Å². The van der Waals surface area contributed by atoms with Crippen molar-refractivity contribution in [3.8, 4) is 0 Å². The first kappa shape index (κ1) is 9.84. The zero-order chi connectivity index (χ0) is 8.69. The maximum Gasteiger partial charge on any atom is 0.143 e. The average Bonchev–Trinajstić information content (AvgIpc) is 2.08. The number of hydrogen-bond acceptors (Lipinski definition) is 4. The Labute approximate surface area is 66.8 Å². The van der Waals surface area contributed by atoms with Gasteiger partial charge in [0.25, 0.3) is 0 Å². The molecule has 0 fully saturated rings. The summed E-state index contributed by atoms with van der Waals surface area (Å²) in [5.41, 5.74) is 2.42. The zero-order valence-corrected chi connectivity index (χ0v) is 7.13. The number of nitrogens with one attached hydrogen (secondary N) is 1. The van der Waals surface area contributed by atoms with Gasteiger partial charge >= 0.3 is 0 Å². The molecule has 0 aliphatic heterocycles. The Bertz CT molecular complexity index is 199. The molecule has 1 aromatic rings. The second-order valence-corrected chi connectivity index (χ2v) is 1.63. The highest BCUT2D eigenvalue weighted by molar-refractivity contribution is 5.30. The van der Waals surface area contributed by atoms with Crippen LogP contribution < -0.4 is 11.3 Å². The van der Waals surface area contributed by atoms with Crippen molar-refractivity contribution in [1.82, 2.24) is 9.97 Å². The third-order valence-corrected chi connectivity index (χ3v) is 0.924. The molecular formula is C7H14N4. The average molecular weight is 154 g/mol. The van der Waals surface area contributed by atoms with Crippen LogP contribution in [0.5, 0.6) is 0 Å². The molecular weight excluding hydrogens is 140 g/mol. The predicted molar refractivity (Wildman–Crippen MR) is 45.9 cm³/mol. The van der Waals surface area contributed by atoms with E-state index in [9.17, 15) is 0 Å². The summed E-state index contributed by atoms with van der Waals surface area (Å²) in [4.78, 5) is 7.83. The molecule has 4 nitrogen and oxygen atoms in total. The van der Waals surface area contributed by atoms with Gasteiger partial charge in [0.05, 0.1) is 0 Å². The van der Waals surface area contributed by atoms with Gasteiger partial charge in [-0.2, -0.15) is 0 Å². The molecule has 0 atom stereocenters. The van der Waals surface area contributed by atoms with E-state index < -0.39 is 0 Å². The SMILES string of the molecule is CC.Cc1nccc(NN)n1. The van der Waals surface area contributed by atoms with Crippen molar-refractivity contribution in [3.05, 3.63) is 18.1 Å². The van der Waals surface area contributed by atoms with Gasteiger partial charge in [0.1, 0.15) is 11.6 Å². The predicted octanol–water partition coefficient (Wildman–Crippen LogP) is 1.10. The first-order valence-corrected chi connectivity index (χ1v) is 3.59. The Morgan fingerprint density at radius 2 is 2.09 bits per heavy atom. The molecule has 0 amide bonds. The standard InChI is InChI=1S/C5H8N4.C2H6/c1-4-7-3-2-5(8-4)9-6;1-2/h2-3H,6H2,1H3,(H,7,8,9);1-2H3. The van der Waals surface area contributed by atoms with E-state index in [-0.39, 0.29) is 0 Å². The van der Waals surface area contributed by atoms with Crippen LogP contribution in [0.3, 0.4) is 0 Å². The lowest BCUT2D eigenvalue weighted by atomic mass is 10.5. The minimum atomic E-state index is 0.641. The van der Waals surface area contributed by atoms with Crippen LogP contribution in [-0.2, 0) is 0 Å². The van der Waals surface area contributed by atoms with E-state index in [0.717, 1.165) is 0 Å². The number of hydrazine groups is 1. The van der Waals surface area contributed by atoms with Gasteiger partial charge in [-0.25, -0.2) is 15.8 Å². The number of nitrogen functional groups attached to an aromatic ring is 1. The van der Waals surface area contributed by atoms with Crippen molar-refractivity contribution in [2.75, 3.05) is 5.43 Å². The van der Waals surface area contributed by atoms with Crippen LogP contribution in [0, 0.1) is 6.92 Å². The fourth-order valence-electron chi connectivity index (χ4n) is 0.537. The van der Waals surface area contributed by atoms with Gasteiger partial charge in [0.15, 0.2) is 0 Å². The van der Waals surface area contributed by atoms with E-state index in [1.54, 1.807) is 19.2 Å². The van der Waals surface area contributed by atoms with Gasteiger partial charge in [0.2, 0.25) is 0 Å². The van der Waals surface area contributed by atoms with Crippen LogP contribution in [0.4, 0.5) is 5.82 Å². The smallest absolute Gasteiger partial charge is 0.143 e. The quantitative estimate of drug-likeness (QED) is 0.469. The van der Waals surface area contributed by atoms with E-state index in [1.807, 2.05) is 13.8 Å². The highest BCUT2D eigenvalue weighted by atomic mass is 15.3. The molecule has 1 heterocycles. The summed E-state index contributed by atoms with van der Waals surface area (Å²) < 4.78 is 0. The molecule has 11 heavy (non-hydrogen) atoms. The first-order chi connectivity index (χ1) is 5.33. The summed E-state index contributed by atoms with van der Waals surface area (Å²) in [6.07, 6.45) is 1.65. The third kappa shape index (κ3) is 3.52. The number of nitrogens with two attached hydrogens (primary N) is 1. The minimum absolute atomic E-state index is 0.641. The summed E-state index contributed by atoms with van der Waals surface area (Å²) in [6, 6.07) is 1.70. The van der Waals surface area contributed by atoms with E-state index in [4.69, 9.17) is 5.84 Å². The molecule has 0 radical (unpaired) electrons. The third-order valence-electron chi connectivity index (χ3n) is 0.924. The lowest BCUT2D eigenvalue weighted by Crippen LogP contribution is -2.08. The van der Waals surface area contributed by atoms with Crippen LogP contribution in [-0.4, -0.2) is 9.97 Å². The van der Waals surface area contributed by atoms with Crippen LogP contribution in [0.2, 0.25) is 0 Å². The van der Waals surface area contributed by atoms with Gasteiger partial charge in [-0.1, -0.05) is 13.8 Å². The summed E-state index contributed by atoms with van der Waals surface area (Å²) in [6.45, 7) is 5.81. The lowest BCUT2D eigenvalue weighted by Gasteiger charge is -1.96. The topological polar surface area (TPSA) is 63.8 Å². The van der Waals surface area contributed by atoms with E-state index in [2.05, 4.69) is 15.4 Å². The van der Waals surface area contributed by atoms with Gasteiger partial charge in [-0.05, 0) is 6.92 Å². The largest absolute Gasteiger partial charge is 0.308 e. The highest BCUT2D eigenvalue weighted by Crippen LogP contribution is 1.96. The monoisotopic (exact) mass is 154 g/mol. The molecule has 4 heteroatoms. The molecule has 0 unspecified atom stereocenters. The number of aromatic nitrogens is 2. The maximum atomic E-state index is 5.08. The summed E-state index contributed by atoms with van der Waals surface area (Å²) in [7, 11) is 0. The number of anilines is 1. The molecule has 1 rings (SSSR count). The van der Waals surface area contributed by atoms with Gasteiger partial charge in [-0.3, -0.25) is 0 Å². The molecule has 0 bridgehead atoms. The van der Waals surface area contributed by atoms with Crippen LogP contribution in [0.25, 0.3) is 0 Å². The molecule has 0 saturated carbocycles. The second-order valence-electron chi connectivity index (χ2n) is 1.63. The second kappa shape index (κ2) is 5.61. The number of rotatable bonds is 1. The van der Waals surface area contributed by atoms with Crippen molar-refractivity contribution in [1.29, 1.82) is 0 Å². The van der Waals surface area contributed by atoms with Gasteiger partial charge in [-0.15, -0.1) is 0 Å². The highest BCUT2D eigenvalue weighted by Gasteiger charge is 1.87. The number of aryl methyl sites for hydroxylation is 1. The Hall–Kier alpha value is -1.16.